The number of aromatic nitrogens is 2. The van der Waals surface area contributed by atoms with Gasteiger partial charge in [0.1, 0.15) is 0 Å². The van der Waals surface area contributed by atoms with Crippen LogP contribution in [-0.2, 0) is 13.1 Å². The number of hydrogen-bond donors (Lipinski definition) is 2. The van der Waals surface area contributed by atoms with Gasteiger partial charge in [-0.05, 0) is 24.5 Å². The molecule has 0 aromatic carbocycles. The third-order valence-corrected chi connectivity index (χ3v) is 4.28. The number of hydrogen-bond acceptors (Lipinski definition) is 5. The average molecular weight is 541 g/mol. The van der Waals surface area contributed by atoms with Gasteiger partial charge in [0.25, 0.3) is 0 Å². The van der Waals surface area contributed by atoms with Crippen LogP contribution in [0.25, 0.3) is 0 Å². The van der Waals surface area contributed by atoms with Gasteiger partial charge in [-0.1, -0.05) is 19.0 Å². The van der Waals surface area contributed by atoms with E-state index < -0.39 is 12.8 Å². The summed E-state index contributed by atoms with van der Waals surface area (Å²) >= 11 is 0. The largest absolute Gasteiger partial charge is 0.468 e. The van der Waals surface area contributed by atoms with Crippen molar-refractivity contribution < 1.29 is 22.4 Å². The van der Waals surface area contributed by atoms with E-state index in [1.54, 1.807) is 13.1 Å². The minimum atomic E-state index is -4.41. The van der Waals surface area contributed by atoms with Crippen molar-refractivity contribution in [1.29, 1.82) is 0 Å². The van der Waals surface area contributed by atoms with Gasteiger partial charge in [-0.15, -0.1) is 24.0 Å². The van der Waals surface area contributed by atoms with Crippen molar-refractivity contribution in [1.82, 2.24) is 20.8 Å². The van der Waals surface area contributed by atoms with Gasteiger partial charge in [0.2, 0.25) is 5.88 Å². The van der Waals surface area contributed by atoms with Crippen molar-refractivity contribution in [3.05, 3.63) is 41.4 Å². The molecule has 30 heavy (non-hydrogen) atoms. The van der Waals surface area contributed by atoms with Gasteiger partial charge in [-0.3, -0.25) is 4.99 Å². The Bertz CT molecular complexity index is 794. The smallest absolute Gasteiger partial charge is 0.422 e. The van der Waals surface area contributed by atoms with Crippen molar-refractivity contribution >= 4 is 29.9 Å². The van der Waals surface area contributed by atoms with Crippen LogP contribution in [-0.4, -0.2) is 35.9 Å². The molecule has 0 fully saturated rings. The quantitative estimate of drug-likeness (QED) is 0.278. The lowest BCUT2D eigenvalue weighted by atomic mass is 9.99. The van der Waals surface area contributed by atoms with Gasteiger partial charge in [-0.2, -0.15) is 13.2 Å². The third-order valence-electron chi connectivity index (χ3n) is 4.28. The maximum absolute atomic E-state index is 12.3. The maximum atomic E-state index is 12.3. The van der Waals surface area contributed by atoms with E-state index >= 15 is 0 Å². The molecule has 0 unspecified atom stereocenters. The van der Waals surface area contributed by atoms with Crippen molar-refractivity contribution in [2.24, 2.45) is 4.99 Å². The molecule has 0 aliphatic heterocycles. The Morgan fingerprint density at radius 1 is 1.20 bits per heavy atom. The second-order valence-corrected chi connectivity index (χ2v) is 6.42. The molecule has 2 heterocycles. The molecule has 0 radical (unpaired) electrons. The lowest BCUT2D eigenvalue weighted by molar-refractivity contribution is -0.154. The molecule has 0 saturated heterocycles. The molecule has 0 aliphatic carbocycles. The zero-order chi connectivity index (χ0) is 21.3. The van der Waals surface area contributed by atoms with Gasteiger partial charge in [-0.25, -0.2) is 4.98 Å². The van der Waals surface area contributed by atoms with Crippen LogP contribution in [0, 0.1) is 0 Å². The minimum absolute atomic E-state index is 0. The number of aliphatic imine (C=N–C) groups is 1. The maximum Gasteiger partial charge on any atom is 0.422 e. The summed E-state index contributed by atoms with van der Waals surface area (Å²) in [5.74, 6) is 1.51. The first-order valence-electron chi connectivity index (χ1n) is 9.39. The van der Waals surface area contributed by atoms with Crippen LogP contribution < -0.4 is 15.4 Å². The van der Waals surface area contributed by atoms with Crippen LogP contribution in [0.15, 0.2) is 33.9 Å². The highest BCUT2D eigenvalue weighted by atomic mass is 127. The number of guanidine groups is 1. The predicted octanol–water partition coefficient (Wildman–Crippen LogP) is 4.40. The van der Waals surface area contributed by atoms with E-state index in [1.807, 2.05) is 6.07 Å². The number of nitrogens with one attached hydrogen (secondary N) is 2. The fourth-order valence-corrected chi connectivity index (χ4v) is 2.68. The number of pyridine rings is 1. The summed E-state index contributed by atoms with van der Waals surface area (Å²) in [6.07, 6.45) is -1.01. The predicted molar refractivity (Wildman–Crippen MR) is 118 cm³/mol. The summed E-state index contributed by atoms with van der Waals surface area (Å²) in [6, 6.07) is 5.06. The molecule has 7 nitrogen and oxygen atoms in total. The topological polar surface area (TPSA) is 84.6 Å². The van der Waals surface area contributed by atoms with Crippen LogP contribution in [0.3, 0.4) is 0 Å². The van der Waals surface area contributed by atoms with Gasteiger partial charge in [0.05, 0.1) is 12.2 Å². The number of alkyl halides is 3. The molecular weight excluding hydrogens is 514 g/mol. The van der Waals surface area contributed by atoms with Gasteiger partial charge < -0.3 is 19.9 Å². The van der Waals surface area contributed by atoms with Crippen molar-refractivity contribution in [2.75, 3.05) is 13.7 Å². The average Bonchev–Trinajstić information content (AvgIpc) is 3.16. The van der Waals surface area contributed by atoms with E-state index in [0.717, 1.165) is 18.5 Å². The molecular formula is C19H27F3IN5O2. The molecule has 0 saturated carbocycles. The molecule has 0 aliphatic rings. The molecule has 0 spiro atoms. The zero-order valence-electron chi connectivity index (χ0n) is 17.1. The molecule has 2 aromatic rings. The number of halogens is 4. The summed E-state index contributed by atoms with van der Waals surface area (Å²) in [6.45, 7) is 3.59. The molecule has 2 aromatic heterocycles. The molecule has 0 atom stereocenters. The minimum Gasteiger partial charge on any atom is -0.468 e. The second kappa shape index (κ2) is 12.6. The Morgan fingerprint density at radius 2 is 1.90 bits per heavy atom. The number of nitrogens with zero attached hydrogens (tertiary/aromatic N) is 3. The van der Waals surface area contributed by atoms with E-state index in [1.165, 1.54) is 12.3 Å². The van der Waals surface area contributed by atoms with Crippen LogP contribution in [0.4, 0.5) is 13.2 Å². The molecule has 0 bridgehead atoms. The van der Waals surface area contributed by atoms with Crippen LogP contribution in [0.1, 0.15) is 49.6 Å². The Kier molecular flexibility index (Phi) is 10.9. The summed E-state index contributed by atoms with van der Waals surface area (Å²) in [7, 11) is 1.62. The fraction of sp³-hybridized carbons (Fsp3) is 0.526. The van der Waals surface area contributed by atoms with Gasteiger partial charge in [0, 0.05) is 37.8 Å². The first-order chi connectivity index (χ1) is 13.8. The van der Waals surface area contributed by atoms with Crippen LogP contribution >= 0.6 is 24.0 Å². The third kappa shape index (κ3) is 8.76. The fourth-order valence-electron chi connectivity index (χ4n) is 2.68. The molecule has 2 N–H and O–H groups in total. The second-order valence-electron chi connectivity index (χ2n) is 6.42. The van der Waals surface area contributed by atoms with Crippen molar-refractivity contribution in [3.63, 3.8) is 0 Å². The molecule has 168 valence electrons. The number of rotatable bonds is 9. The van der Waals surface area contributed by atoms with E-state index in [0.29, 0.717) is 36.3 Å². The summed E-state index contributed by atoms with van der Waals surface area (Å²) in [4.78, 5) is 7.90. The highest BCUT2D eigenvalue weighted by Crippen LogP contribution is 2.22. The summed E-state index contributed by atoms with van der Waals surface area (Å²) < 4.78 is 46.8. The van der Waals surface area contributed by atoms with Gasteiger partial charge >= 0.3 is 6.18 Å². The highest BCUT2D eigenvalue weighted by molar-refractivity contribution is 14.0. The van der Waals surface area contributed by atoms with Crippen LogP contribution in [0.5, 0.6) is 5.88 Å². The van der Waals surface area contributed by atoms with Crippen molar-refractivity contribution in [2.45, 2.75) is 51.9 Å². The Morgan fingerprint density at radius 3 is 2.53 bits per heavy atom. The zero-order valence-corrected chi connectivity index (χ0v) is 19.5. The van der Waals surface area contributed by atoms with E-state index in [2.05, 4.69) is 44.4 Å². The van der Waals surface area contributed by atoms with E-state index in [-0.39, 0.29) is 29.9 Å². The highest BCUT2D eigenvalue weighted by Gasteiger charge is 2.28. The molecule has 11 heteroatoms. The lowest BCUT2D eigenvalue weighted by Gasteiger charge is -2.12. The van der Waals surface area contributed by atoms with E-state index in [9.17, 15) is 13.2 Å². The van der Waals surface area contributed by atoms with E-state index in [4.69, 9.17) is 4.52 Å². The standard InChI is InChI=1S/C19H26F3N5O2.HI/c1-4-14(5-2)16-9-15(29-27-16)11-26-18(23-3)25-10-13-6-7-24-17(8-13)28-12-19(20,21)22;/h6-9,14H,4-5,10-12H2,1-3H3,(H2,23,25,26);1H. The Balaban J connectivity index is 0.00000450. The first-order valence-corrected chi connectivity index (χ1v) is 9.39. The lowest BCUT2D eigenvalue weighted by Crippen LogP contribution is -2.36. The van der Waals surface area contributed by atoms with Crippen LogP contribution in [0.2, 0.25) is 0 Å². The number of ether oxygens (including phenoxy) is 1. The Hall–Kier alpha value is -2.05. The SMILES string of the molecule is CCC(CC)c1cc(CNC(=NC)NCc2ccnc(OCC(F)(F)F)c2)on1.I. The van der Waals surface area contributed by atoms with Crippen molar-refractivity contribution in [3.8, 4) is 5.88 Å². The summed E-state index contributed by atoms with van der Waals surface area (Å²) in [5, 5.41) is 10.3. The first kappa shape index (κ1) is 26.0. The molecule has 0 amide bonds. The normalized spacial score (nSPS) is 11.9. The summed E-state index contributed by atoms with van der Waals surface area (Å²) in [5.41, 5.74) is 1.65. The Labute approximate surface area is 190 Å². The van der Waals surface area contributed by atoms with Gasteiger partial charge in [0.15, 0.2) is 18.3 Å². The molecule has 2 rings (SSSR count). The monoisotopic (exact) mass is 541 g/mol.